The molecule has 1 aromatic rings. The maximum Gasteiger partial charge on any atom is 0.281 e. The maximum absolute atomic E-state index is 12.8. The highest BCUT2D eigenvalue weighted by molar-refractivity contribution is 7.86. The van der Waals surface area contributed by atoms with Crippen molar-refractivity contribution in [3.8, 4) is 0 Å². The van der Waals surface area contributed by atoms with Gasteiger partial charge in [0.05, 0.1) is 0 Å². The molecule has 3 rings (SSSR count). The number of hydrogen-bond acceptors (Lipinski definition) is 5. The minimum atomic E-state index is -3.30. The highest BCUT2D eigenvalue weighted by atomic mass is 32.2. The van der Waals surface area contributed by atoms with Crippen molar-refractivity contribution in [1.82, 2.24) is 18.6 Å². The predicted molar refractivity (Wildman–Crippen MR) is 93.9 cm³/mol. The summed E-state index contributed by atoms with van der Waals surface area (Å²) >= 11 is 0. The van der Waals surface area contributed by atoms with Gasteiger partial charge in [-0.1, -0.05) is 12.8 Å². The molecule has 0 atom stereocenters. The van der Waals surface area contributed by atoms with Crippen LogP contribution in [0, 0.1) is 6.92 Å². The third-order valence-electron chi connectivity index (χ3n) is 4.83. The van der Waals surface area contributed by atoms with Crippen molar-refractivity contribution in [1.29, 1.82) is 0 Å². The lowest BCUT2D eigenvalue weighted by Gasteiger charge is -2.35. The molecule has 0 bridgehead atoms. The standard InChI is InChI=1S/C16H27N5O2S/c1-14-12-16(18-13-17-14)19-15-6-10-21(11-7-15)24(22,23)20-8-4-2-3-5-9-20/h12-13,15H,2-11H2,1H3,(H,17,18,19). The van der Waals surface area contributed by atoms with Crippen LogP contribution in [0.3, 0.4) is 0 Å². The summed E-state index contributed by atoms with van der Waals surface area (Å²) < 4.78 is 29.0. The molecule has 24 heavy (non-hydrogen) atoms. The van der Waals surface area contributed by atoms with Crippen LogP contribution in [0.5, 0.6) is 0 Å². The Kier molecular flexibility index (Phi) is 5.68. The Bertz CT molecular complexity index is 636. The first-order valence-electron chi connectivity index (χ1n) is 8.86. The van der Waals surface area contributed by atoms with E-state index in [0.29, 0.717) is 26.2 Å². The summed E-state index contributed by atoms with van der Waals surface area (Å²) in [6.45, 7) is 4.41. The zero-order chi connectivity index (χ0) is 17.0. The molecule has 2 aliphatic rings. The number of piperidine rings is 1. The van der Waals surface area contributed by atoms with Gasteiger partial charge in [-0.05, 0) is 32.6 Å². The zero-order valence-corrected chi connectivity index (χ0v) is 15.1. The van der Waals surface area contributed by atoms with Crippen LogP contribution < -0.4 is 5.32 Å². The molecule has 7 nitrogen and oxygen atoms in total. The quantitative estimate of drug-likeness (QED) is 0.893. The Morgan fingerprint density at radius 3 is 2.25 bits per heavy atom. The molecule has 0 amide bonds. The molecule has 0 aromatic carbocycles. The fraction of sp³-hybridized carbons (Fsp3) is 0.750. The maximum atomic E-state index is 12.8. The zero-order valence-electron chi connectivity index (χ0n) is 14.3. The molecule has 0 aliphatic carbocycles. The number of rotatable bonds is 4. The van der Waals surface area contributed by atoms with Gasteiger partial charge < -0.3 is 5.32 Å². The second-order valence-corrected chi connectivity index (χ2v) is 8.61. The van der Waals surface area contributed by atoms with E-state index in [2.05, 4.69) is 15.3 Å². The lowest BCUT2D eigenvalue weighted by molar-refractivity contribution is 0.294. The minimum absolute atomic E-state index is 0.259. The number of nitrogens with one attached hydrogen (secondary N) is 1. The van der Waals surface area contributed by atoms with E-state index < -0.39 is 10.2 Å². The SMILES string of the molecule is Cc1cc(NC2CCN(S(=O)(=O)N3CCCCCC3)CC2)ncn1. The summed E-state index contributed by atoms with van der Waals surface area (Å²) in [6.07, 6.45) is 7.38. The summed E-state index contributed by atoms with van der Waals surface area (Å²) in [4.78, 5) is 8.32. The Labute approximate surface area is 144 Å². The van der Waals surface area contributed by atoms with Gasteiger partial charge in [-0.15, -0.1) is 0 Å². The molecule has 3 heterocycles. The Morgan fingerprint density at radius 2 is 1.62 bits per heavy atom. The van der Waals surface area contributed by atoms with Gasteiger partial charge in [-0.2, -0.15) is 17.0 Å². The molecule has 0 spiro atoms. The van der Waals surface area contributed by atoms with Crippen molar-refractivity contribution in [2.24, 2.45) is 0 Å². The van der Waals surface area contributed by atoms with E-state index in [0.717, 1.165) is 50.0 Å². The topological polar surface area (TPSA) is 78.4 Å². The van der Waals surface area contributed by atoms with E-state index in [1.54, 1.807) is 14.9 Å². The molecule has 0 unspecified atom stereocenters. The van der Waals surface area contributed by atoms with E-state index in [-0.39, 0.29) is 6.04 Å². The average Bonchev–Trinajstić information content (AvgIpc) is 2.85. The van der Waals surface area contributed by atoms with Crippen LogP contribution in [0.4, 0.5) is 5.82 Å². The third kappa shape index (κ3) is 4.23. The number of aryl methyl sites for hydroxylation is 1. The Hall–Kier alpha value is -1.25. The van der Waals surface area contributed by atoms with Gasteiger partial charge in [0.1, 0.15) is 12.1 Å². The Balaban J connectivity index is 1.56. The van der Waals surface area contributed by atoms with Crippen LogP contribution in [0.2, 0.25) is 0 Å². The fourth-order valence-corrected chi connectivity index (χ4v) is 5.13. The smallest absolute Gasteiger partial charge is 0.281 e. The number of aromatic nitrogens is 2. The average molecular weight is 353 g/mol. The number of nitrogens with zero attached hydrogens (tertiary/aromatic N) is 4. The third-order valence-corrected chi connectivity index (χ3v) is 6.86. The molecule has 134 valence electrons. The van der Waals surface area contributed by atoms with Gasteiger partial charge in [0.15, 0.2) is 0 Å². The molecule has 2 aliphatic heterocycles. The molecule has 2 fully saturated rings. The first-order chi connectivity index (χ1) is 11.6. The highest BCUT2D eigenvalue weighted by Crippen LogP contribution is 2.22. The molecule has 1 N–H and O–H groups in total. The van der Waals surface area contributed by atoms with E-state index in [1.807, 2.05) is 13.0 Å². The molecular formula is C16H27N5O2S. The van der Waals surface area contributed by atoms with Crippen molar-refractivity contribution in [3.63, 3.8) is 0 Å². The van der Waals surface area contributed by atoms with Gasteiger partial charge >= 0.3 is 0 Å². The van der Waals surface area contributed by atoms with Gasteiger partial charge in [-0.3, -0.25) is 0 Å². The van der Waals surface area contributed by atoms with E-state index in [1.165, 1.54) is 0 Å². The van der Waals surface area contributed by atoms with Crippen LogP contribution in [0.1, 0.15) is 44.2 Å². The second kappa shape index (κ2) is 7.76. The van der Waals surface area contributed by atoms with Crippen molar-refractivity contribution in [2.45, 2.75) is 51.5 Å². The largest absolute Gasteiger partial charge is 0.367 e. The van der Waals surface area contributed by atoms with Crippen molar-refractivity contribution < 1.29 is 8.42 Å². The lowest BCUT2D eigenvalue weighted by atomic mass is 10.1. The van der Waals surface area contributed by atoms with Crippen LogP contribution in [-0.4, -0.2) is 59.2 Å². The van der Waals surface area contributed by atoms with Crippen LogP contribution in [0.25, 0.3) is 0 Å². The van der Waals surface area contributed by atoms with Crippen molar-refractivity contribution in [3.05, 3.63) is 18.1 Å². The summed E-state index contributed by atoms with van der Waals surface area (Å²) in [7, 11) is -3.30. The lowest BCUT2D eigenvalue weighted by Crippen LogP contribution is -2.49. The summed E-state index contributed by atoms with van der Waals surface area (Å²) in [5, 5.41) is 3.40. The van der Waals surface area contributed by atoms with Crippen LogP contribution >= 0.6 is 0 Å². The molecule has 0 radical (unpaired) electrons. The Morgan fingerprint density at radius 1 is 1.00 bits per heavy atom. The molecule has 0 saturated carbocycles. The van der Waals surface area contributed by atoms with Crippen LogP contribution in [-0.2, 0) is 10.2 Å². The normalized spacial score (nSPS) is 22.2. The van der Waals surface area contributed by atoms with Crippen molar-refractivity contribution >= 4 is 16.0 Å². The van der Waals surface area contributed by atoms with Crippen LogP contribution in [0.15, 0.2) is 12.4 Å². The van der Waals surface area contributed by atoms with E-state index >= 15 is 0 Å². The van der Waals surface area contributed by atoms with Gasteiger partial charge in [0.2, 0.25) is 0 Å². The number of hydrogen-bond donors (Lipinski definition) is 1. The monoisotopic (exact) mass is 353 g/mol. The summed E-state index contributed by atoms with van der Waals surface area (Å²) in [5.74, 6) is 0.816. The first-order valence-corrected chi connectivity index (χ1v) is 10.3. The molecule has 8 heteroatoms. The summed E-state index contributed by atoms with van der Waals surface area (Å²) in [5.41, 5.74) is 0.925. The molecule has 2 saturated heterocycles. The minimum Gasteiger partial charge on any atom is -0.367 e. The fourth-order valence-electron chi connectivity index (χ4n) is 3.41. The van der Waals surface area contributed by atoms with E-state index in [4.69, 9.17) is 0 Å². The summed E-state index contributed by atoms with van der Waals surface area (Å²) in [6, 6.07) is 2.18. The first kappa shape index (κ1) is 17.6. The van der Waals surface area contributed by atoms with E-state index in [9.17, 15) is 8.42 Å². The van der Waals surface area contributed by atoms with Gasteiger partial charge in [0, 0.05) is 44.0 Å². The number of anilines is 1. The second-order valence-electron chi connectivity index (χ2n) is 6.68. The predicted octanol–water partition coefficient (Wildman–Crippen LogP) is 1.78. The van der Waals surface area contributed by atoms with Crippen molar-refractivity contribution in [2.75, 3.05) is 31.5 Å². The molecule has 1 aromatic heterocycles. The highest BCUT2D eigenvalue weighted by Gasteiger charge is 2.33. The van der Waals surface area contributed by atoms with Gasteiger partial charge in [0.25, 0.3) is 10.2 Å². The molecular weight excluding hydrogens is 326 g/mol. The van der Waals surface area contributed by atoms with Gasteiger partial charge in [-0.25, -0.2) is 9.97 Å².